The third kappa shape index (κ3) is 5.15. The van der Waals surface area contributed by atoms with Crippen molar-refractivity contribution in [3.63, 3.8) is 0 Å². The van der Waals surface area contributed by atoms with Crippen LogP contribution < -0.4 is 4.90 Å². The summed E-state index contributed by atoms with van der Waals surface area (Å²) >= 11 is 0. The van der Waals surface area contributed by atoms with Crippen LogP contribution in [-0.4, -0.2) is 4.57 Å². The molecular weight excluding hydrogens is 669 g/mol. The van der Waals surface area contributed by atoms with Crippen molar-refractivity contribution in [1.82, 2.24) is 4.57 Å². The van der Waals surface area contributed by atoms with Gasteiger partial charge < -0.3 is 13.9 Å². The van der Waals surface area contributed by atoms with Gasteiger partial charge in [-0.25, -0.2) is 0 Å². The lowest BCUT2D eigenvalue weighted by atomic mass is 9.95. The molecule has 0 spiro atoms. The molecule has 0 aliphatic heterocycles. The molecular formula is C52H34N2O. The van der Waals surface area contributed by atoms with Crippen LogP contribution in [0.2, 0.25) is 0 Å². The van der Waals surface area contributed by atoms with Gasteiger partial charge in [0.25, 0.3) is 0 Å². The Hall–Kier alpha value is -7.28. The highest BCUT2D eigenvalue weighted by Gasteiger charge is 2.22. The standard InChI is InChI=1S/C52H34N2O/c1-3-13-36(14-4-1)42-18-9-11-21-47(42)53(41-29-32-51-46(34-41)44-20-10-12-22-50(44)55-51)40-27-23-35(24-28-40)38-25-30-45-49(33-38)54(39-16-5-2-6-17-39)48-31-26-37-15-7-8-19-43(37)52(45)48/h1-3,5-13,15-23,25-27,29-34H,4,14H2. The van der Waals surface area contributed by atoms with Gasteiger partial charge in [-0.3, -0.25) is 0 Å². The summed E-state index contributed by atoms with van der Waals surface area (Å²) in [6.07, 6.45) is 13.1. The highest BCUT2D eigenvalue weighted by Crippen LogP contribution is 2.42. The Labute approximate surface area is 318 Å². The Balaban J connectivity index is 1.11. The Morgan fingerprint density at radius 2 is 1.42 bits per heavy atom. The van der Waals surface area contributed by atoms with Crippen molar-refractivity contribution in [2.24, 2.45) is 0 Å². The first-order valence-corrected chi connectivity index (χ1v) is 18.9. The molecule has 0 atom stereocenters. The zero-order chi connectivity index (χ0) is 36.3. The molecule has 0 fully saturated rings. The van der Waals surface area contributed by atoms with Crippen LogP contribution in [0.5, 0.6) is 0 Å². The summed E-state index contributed by atoms with van der Waals surface area (Å²) in [5.74, 6) is 0. The van der Waals surface area contributed by atoms with E-state index in [1.54, 1.807) is 0 Å². The van der Waals surface area contributed by atoms with E-state index in [0.29, 0.717) is 0 Å². The molecule has 55 heavy (non-hydrogen) atoms. The number of rotatable bonds is 6. The van der Waals surface area contributed by atoms with Gasteiger partial charge in [-0.1, -0.05) is 121 Å². The Morgan fingerprint density at radius 3 is 2.29 bits per heavy atom. The highest BCUT2D eigenvalue weighted by atomic mass is 16.3. The molecule has 0 bridgehead atoms. The number of fused-ring (bicyclic) bond motifs is 8. The number of anilines is 2. The molecule has 0 saturated heterocycles. The quantitative estimate of drug-likeness (QED) is 0.161. The smallest absolute Gasteiger partial charge is 0.135 e. The minimum absolute atomic E-state index is 0.875. The summed E-state index contributed by atoms with van der Waals surface area (Å²) in [6, 6.07) is 54.1. The second kappa shape index (κ2) is 12.7. The van der Waals surface area contributed by atoms with Crippen molar-refractivity contribution < 1.29 is 4.42 Å². The van der Waals surface area contributed by atoms with Gasteiger partial charge in [0.15, 0.2) is 0 Å². The Bertz CT molecular complexity index is 3230. The number of aromatic nitrogens is 1. The molecule has 0 unspecified atom stereocenters. The molecule has 3 nitrogen and oxygen atoms in total. The molecule has 0 N–H and O–H groups in total. The highest BCUT2D eigenvalue weighted by molar-refractivity contribution is 6.21. The van der Waals surface area contributed by atoms with Crippen molar-refractivity contribution >= 4 is 77.0 Å². The second-order valence-corrected chi connectivity index (χ2v) is 14.3. The molecule has 0 saturated carbocycles. The van der Waals surface area contributed by atoms with E-state index < -0.39 is 0 Å². The maximum atomic E-state index is 6.24. The third-order valence-corrected chi connectivity index (χ3v) is 11.1. The van der Waals surface area contributed by atoms with Crippen molar-refractivity contribution in [1.29, 1.82) is 0 Å². The summed E-state index contributed by atoms with van der Waals surface area (Å²) in [7, 11) is 0. The molecule has 258 valence electrons. The summed E-state index contributed by atoms with van der Waals surface area (Å²) < 4.78 is 8.63. The lowest BCUT2D eigenvalue weighted by Crippen LogP contribution is -2.17. The van der Waals surface area contributed by atoms with Gasteiger partial charge in [0.05, 0.1) is 22.4 Å². The van der Waals surface area contributed by atoms with Gasteiger partial charge in [0.2, 0.25) is 0 Å². The Morgan fingerprint density at radius 1 is 0.600 bits per heavy atom. The number of benzene rings is 7. The van der Waals surface area contributed by atoms with E-state index in [9.17, 15) is 0 Å². The van der Waals surface area contributed by atoms with Crippen molar-refractivity contribution in [2.75, 3.05) is 4.90 Å². The van der Waals surface area contributed by atoms with E-state index in [0.717, 1.165) is 68.7 Å². The van der Waals surface area contributed by atoms with Crippen LogP contribution in [-0.2, 0) is 0 Å². The van der Waals surface area contributed by atoms with E-state index in [4.69, 9.17) is 4.42 Å². The monoisotopic (exact) mass is 702 g/mol. The summed E-state index contributed by atoms with van der Waals surface area (Å²) in [5, 5.41) is 7.21. The van der Waals surface area contributed by atoms with Crippen LogP contribution in [0.4, 0.5) is 11.4 Å². The maximum Gasteiger partial charge on any atom is 0.135 e. The molecule has 9 aromatic rings. The summed E-state index contributed by atoms with van der Waals surface area (Å²) in [4.78, 5) is 2.32. The van der Waals surface area contributed by atoms with Crippen molar-refractivity contribution in [2.45, 2.75) is 12.8 Å². The molecule has 2 aliphatic carbocycles. The zero-order valence-electron chi connectivity index (χ0n) is 30.0. The van der Waals surface area contributed by atoms with Crippen LogP contribution in [0.1, 0.15) is 24.0 Å². The molecule has 2 aromatic heterocycles. The molecule has 7 aromatic carbocycles. The average Bonchev–Trinajstić information content (AvgIpc) is 3.80. The molecule has 0 radical (unpaired) electrons. The van der Waals surface area contributed by atoms with Gasteiger partial charge in [-0.15, -0.1) is 0 Å². The number of hydrogen-bond donors (Lipinski definition) is 0. The van der Waals surface area contributed by atoms with E-state index in [2.05, 4.69) is 191 Å². The van der Waals surface area contributed by atoms with Gasteiger partial charge in [0.1, 0.15) is 11.2 Å². The first-order valence-electron chi connectivity index (χ1n) is 18.9. The first-order chi connectivity index (χ1) is 27.3. The molecule has 2 aliphatic rings. The number of nitrogens with zero attached hydrogens (tertiary/aromatic N) is 2. The lowest BCUT2D eigenvalue weighted by Gasteiger charge is -2.28. The predicted molar refractivity (Wildman–Crippen MR) is 230 cm³/mol. The van der Waals surface area contributed by atoms with Gasteiger partial charge in [-0.05, 0) is 107 Å². The van der Waals surface area contributed by atoms with Crippen LogP contribution in [0.3, 0.4) is 0 Å². The minimum Gasteiger partial charge on any atom is -0.456 e. The number of hydrogen-bond acceptors (Lipinski definition) is 2. The van der Waals surface area contributed by atoms with Gasteiger partial charge >= 0.3 is 0 Å². The maximum absolute atomic E-state index is 6.24. The van der Waals surface area contributed by atoms with E-state index in [1.807, 2.05) is 12.1 Å². The molecule has 3 heteroatoms. The number of allylic oxidation sites excluding steroid dienone is 7. The molecule has 2 heterocycles. The second-order valence-electron chi connectivity index (χ2n) is 14.3. The third-order valence-electron chi connectivity index (χ3n) is 11.1. The van der Waals surface area contributed by atoms with Gasteiger partial charge in [0, 0.05) is 44.1 Å². The summed E-state index contributed by atoms with van der Waals surface area (Å²) in [6.45, 7) is 0. The normalized spacial score (nSPS) is 13.9. The van der Waals surface area contributed by atoms with Crippen molar-refractivity contribution in [3.05, 3.63) is 210 Å². The van der Waals surface area contributed by atoms with E-state index in [1.165, 1.54) is 43.7 Å². The van der Waals surface area contributed by atoms with Crippen LogP contribution >= 0.6 is 0 Å². The number of furan rings is 1. The largest absolute Gasteiger partial charge is 0.456 e. The topological polar surface area (TPSA) is 21.3 Å². The Kier molecular flexibility index (Phi) is 7.21. The SMILES string of the molecule is C1=C=C(N(c2ccc3oc4ccccc4c3c2)c2ccccc2C2=CC=CCC2)C=CC=1c1ccc2c3c4ccccc4ccc3n(-c3ccccc3)c2c1. The van der Waals surface area contributed by atoms with Crippen LogP contribution in [0, 0.1) is 0 Å². The summed E-state index contributed by atoms with van der Waals surface area (Å²) in [5.41, 5.74) is 20.2. The zero-order valence-corrected chi connectivity index (χ0v) is 30.0. The predicted octanol–water partition coefficient (Wildman–Crippen LogP) is 14.0. The fraction of sp³-hybridized carbons (Fsp3) is 0.0385. The average molecular weight is 703 g/mol. The fourth-order valence-electron chi connectivity index (χ4n) is 8.51. The first kappa shape index (κ1) is 31.3. The number of para-hydroxylation sites is 3. The van der Waals surface area contributed by atoms with Gasteiger partial charge in [-0.2, -0.15) is 0 Å². The van der Waals surface area contributed by atoms with E-state index >= 15 is 0 Å². The van der Waals surface area contributed by atoms with Crippen molar-refractivity contribution in [3.8, 4) is 5.69 Å². The van der Waals surface area contributed by atoms with Crippen LogP contribution in [0.25, 0.3) is 71.4 Å². The van der Waals surface area contributed by atoms with E-state index in [-0.39, 0.29) is 0 Å². The van der Waals surface area contributed by atoms with Crippen LogP contribution in [0.15, 0.2) is 204 Å². The fourth-order valence-corrected chi connectivity index (χ4v) is 8.51. The lowest BCUT2D eigenvalue weighted by molar-refractivity contribution is 0.669. The molecule has 0 amide bonds. The molecule has 11 rings (SSSR count). The minimum atomic E-state index is 0.875.